The number of hydrogen-bond donors (Lipinski definition) is 2. The first-order valence-corrected chi connectivity index (χ1v) is 9.75. The van der Waals surface area contributed by atoms with Crippen LogP contribution in [0.3, 0.4) is 0 Å². The molecule has 2 N–H and O–H groups in total. The number of esters is 1. The molecule has 2 rings (SSSR count). The van der Waals surface area contributed by atoms with Crippen LogP contribution in [-0.4, -0.2) is 33.4 Å². The monoisotopic (exact) mass is 390 g/mol. The summed E-state index contributed by atoms with van der Waals surface area (Å²) in [7, 11) is -2.80. The molecule has 0 spiro atoms. The third kappa shape index (κ3) is 4.85. The molecule has 7 nitrogen and oxygen atoms in total. The van der Waals surface area contributed by atoms with Gasteiger partial charge in [0.05, 0.1) is 23.3 Å². The largest absolute Gasteiger partial charge is 0.465 e. The molecule has 0 radical (unpaired) electrons. The van der Waals surface area contributed by atoms with Gasteiger partial charge in [0.15, 0.2) is 0 Å². The molecule has 0 atom stereocenters. The number of sulfonamides is 1. The predicted octanol–water partition coefficient (Wildman–Crippen LogP) is 2.72. The van der Waals surface area contributed by atoms with Crippen LogP contribution in [0.5, 0.6) is 0 Å². The van der Waals surface area contributed by atoms with Crippen molar-refractivity contribution >= 4 is 27.6 Å². The number of aryl methyl sites for hydroxylation is 1. The van der Waals surface area contributed by atoms with Crippen LogP contribution < -0.4 is 10.0 Å². The fraction of sp³-hybridized carbons (Fsp3) is 0.263. The lowest BCUT2D eigenvalue weighted by Gasteiger charge is -2.14. The summed E-state index contributed by atoms with van der Waals surface area (Å²) in [4.78, 5) is 24.1. The third-order valence-corrected chi connectivity index (χ3v) is 5.12. The Morgan fingerprint density at radius 1 is 1.04 bits per heavy atom. The molecule has 0 saturated heterocycles. The smallest absolute Gasteiger partial charge is 0.339 e. The summed E-state index contributed by atoms with van der Waals surface area (Å²) in [5.74, 6) is -1.01. The zero-order chi connectivity index (χ0) is 20.2. The van der Waals surface area contributed by atoms with E-state index in [1.165, 1.54) is 31.4 Å². The van der Waals surface area contributed by atoms with Crippen LogP contribution in [0, 0.1) is 6.92 Å². The molecule has 2 aromatic carbocycles. The van der Waals surface area contributed by atoms with Crippen LogP contribution >= 0.6 is 0 Å². The second kappa shape index (κ2) is 8.22. The average Bonchev–Trinajstić information content (AvgIpc) is 2.60. The predicted molar refractivity (Wildman–Crippen MR) is 102 cm³/mol. The second-order valence-electron chi connectivity index (χ2n) is 6.25. The topological polar surface area (TPSA) is 102 Å². The van der Waals surface area contributed by atoms with E-state index >= 15 is 0 Å². The van der Waals surface area contributed by atoms with Crippen molar-refractivity contribution < 1.29 is 22.7 Å². The molecule has 0 heterocycles. The van der Waals surface area contributed by atoms with Crippen LogP contribution in [0.1, 0.15) is 40.1 Å². The number of ether oxygens (including phenoxy) is 1. The summed E-state index contributed by atoms with van der Waals surface area (Å²) < 4.78 is 32.6. The molecule has 0 bridgehead atoms. The first kappa shape index (κ1) is 20.4. The minimum Gasteiger partial charge on any atom is -0.465 e. The quantitative estimate of drug-likeness (QED) is 0.739. The molecule has 0 unspecified atom stereocenters. The highest BCUT2D eigenvalue weighted by atomic mass is 32.2. The summed E-state index contributed by atoms with van der Waals surface area (Å²) in [6, 6.07) is 10.3. The zero-order valence-electron chi connectivity index (χ0n) is 15.6. The lowest BCUT2D eigenvalue weighted by atomic mass is 10.1. The molecule has 0 aliphatic heterocycles. The van der Waals surface area contributed by atoms with Gasteiger partial charge in [-0.25, -0.2) is 13.2 Å². The number of carbonyl (C=O) groups excluding carboxylic acids is 2. The maximum absolute atomic E-state index is 12.8. The normalized spacial score (nSPS) is 11.1. The first-order chi connectivity index (χ1) is 12.7. The average molecular weight is 390 g/mol. The Hall–Kier alpha value is -2.87. The van der Waals surface area contributed by atoms with Gasteiger partial charge >= 0.3 is 5.97 Å². The van der Waals surface area contributed by atoms with Crippen molar-refractivity contribution in [1.82, 2.24) is 5.32 Å². The molecule has 0 aliphatic rings. The standard InChI is InChI=1S/C19H22N2O5S/c1-12(2)20-18(22)16-11-14(10-9-13(16)3)27(24,25)21-17-8-6-5-7-15(17)19(23)26-4/h5-12,21H,1-4H3,(H,20,22). The van der Waals surface area contributed by atoms with E-state index < -0.39 is 16.0 Å². The van der Waals surface area contributed by atoms with Gasteiger partial charge in [0, 0.05) is 11.6 Å². The zero-order valence-corrected chi connectivity index (χ0v) is 16.4. The minimum absolute atomic E-state index is 0.0813. The van der Waals surface area contributed by atoms with Crippen molar-refractivity contribution in [1.29, 1.82) is 0 Å². The summed E-state index contributed by atoms with van der Waals surface area (Å²) in [6.07, 6.45) is 0. The summed E-state index contributed by atoms with van der Waals surface area (Å²) in [6.45, 7) is 5.36. The highest BCUT2D eigenvalue weighted by Gasteiger charge is 2.21. The summed E-state index contributed by atoms with van der Waals surface area (Å²) >= 11 is 0. The van der Waals surface area contributed by atoms with Gasteiger partial charge in [-0.2, -0.15) is 0 Å². The van der Waals surface area contributed by atoms with Crippen molar-refractivity contribution in [3.05, 3.63) is 59.2 Å². The first-order valence-electron chi connectivity index (χ1n) is 8.27. The number of benzene rings is 2. The number of para-hydroxylation sites is 1. The number of methoxy groups -OCH3 is 1. The van der Waals surface area contributed by atoms with Crippen LogP contribution in [0.4, 0.5) is 5.69 Å². The van der Waals surface area contributed by atoms with E-state index in [1.54, 1.807) is 25.1 Å². The molecular weight excluding hydrogens is 368 g/mol. The third-order valence-electron chi connectivity index (χ3n) is 3.76. The number of amides is 1. The van der Waals surface area contributed by atoms with Crippen LogP contribution in [0.15, 0.2) is 47.4 Å². The number of anilines is 1. The highest BCUT2D eigenvalue weighted by molar-refractivity contribution is 7.92. The maximum atomic E-state index is 12.8. The van der Waals surface area contributed by atoms with Crippen molar-refractivity contribution in [3.63, 3.8) is 0 Å². The van der Waals surface area contributed by atoms with Gasteiger partial charge < -0.3 is 10.1 Å². The second-order valence-corrected chi connectivity index (χ2v) is 7.93. The van der Waals surface area contributed by atoms with E-state index in [2.05, 4.69) is 14.8 Å². The lowest BCUT2D eigenvalue weighted by Crippen LogP contribution is -2.30. The molecule has 0 fully saturated rings. The van der Waals surface area contributed by atoms with Crippen molar-refractivity contribution in [2.75, 3.05) is 11.8 Å². The Kier molecular flexibility index (Phi) is 6.22. The van der Waals surface area contributed by atoms with Gasteiger partial charge in [0.2, 0.25) is 0 Å². The number of carbonyl (C=O) groups is 2. The van der Waals surface area contributed by atoms with Gasteiger partial charge in [0.25, 0.3) is 15.9 Å². The Morgan fingerprint density at radius 2 is 1.70 bits per heavy atom. The van der Waals surface area contributed by atoms with E-state index in [0.29, 0.717) is 5.56 Å². The van der Waals surface area contributed by atoms with Crippen LogP contribution in [0.25, 0.3) is 0 Å². The van der Waals surface area contributed by atoms with Gasteiger partial charge in [-0.15, -0.1) is 0 Å². The fourth-order valence-electron chi connectivity index (χ4n) is 2.42. The van der Waals surface area contributed by atoms with E-state index in [9.17, 15) is 18.0 Å². The molecule has 144 valence electrons. The van der Waals surface area contributed by atoms with E-state index in [4.69, 9.17) is 0 Å². The highest BCUT2D eigenvalue weighted by Crippen LogP contribution is 2.22. The maximum Gasteiger partial charge on any atom is 0.339 e. The van der Waals surface area contributed by atoms with Crippen molar-refractivity contribution in [2.24, 2.45) is 0 Å². The summed E-state index contributed by atoms with van der Waals surface area (Å²) in [5.41, 5.74) is 1.11. The summed E-state index contributed by atoms with van der Waals surface area (Å²) in [5, 5.41) is 2.74. The van der Waals surface area contributed by atoms with Gasteiger partial charge in [-0.05, 0) is 50.6 Å². The number of nitrogens with one attached hydrogen (secondary N) is 2. The fourth-order valence-corrected chi connectivity index (χ4v) is 3.52. The Bertz CT molecular complexity index is 968. The van der Waals surface area contributed by atoms with Crippen LogP contribution in [-0.2, 0) is 14.8 Å². The molecule has 0 aliphatic carbocycles. The molecule has 0 saturated carbocycles. The van der Waals surface area contributed by atoms with Gasteiger partial charge in [0.1, 0.15) is 0 Å². The molecular formula is C19H22N2O5S. The Balaban J connectivity index is 2.41. The number of hydrogen-bond acceptors (Lipinski definition) is 5. The van der Waals surface area contributed by atoms with E-state index in [1.807, 2.05) is 13.8 Å². The van der Waals surface area contributed by atoms with Crippen molar-refractivity contribution in [2.45, 2.75) is 31.7 Å². The molecule has 8 heteroatoms. The molecule has 2 aromatic rings. The van der Waals surface area contributed by atoms with Gasteiger partial charge in [-0.3, -0.25) is 9.52 Å². The minimum atomic E-state index is -4.02. The Labute approximate surface area is 158 Å². The lowest BCUT2D eigenvalue weighted by molar-refractivity contribution is 0.0601. The SMILES string of the molecule is COC(=O)c1ccccc1NS(=O)(=O)c1ccc(C)c(C(=O)NC(C)C)c1. The molecule has 0 aromatic heterocycles. The molecule has 1 amide bonds. The van der Waals surface area contributed by atoms with E-state index in [0.717, 1.165) is 0 Å². The van der Waals surface area contributed by atoms with Gasteiger partial charge in [-0.1, -0.05) is 18.2 Å². The Morgan fingerprint density at radius 3 is 2.33 bits per heavy atom. The number of rotatable bonds is 6. The van der Waals surface area contributed by atoms with Crippen molar-refractivity contribution in [3.8, 4) is 0 Å². The van der Waals surface area contributed by atoms with E-state index in [-0.39, 0.29) is 33.7 Å². The molecule has 27 heavy (non-hydrogen) atoms. The van der Waals surface area contributed by atoms with Crippen LogP contribution in [0.2, 0.25) is 0 Å².